The normalized spacial score (nSPS) is 13.1. The van der Waals surface area contributed by atoms with E-state index in [0.29, 0.717) is 12.1 Å². The Kier molecular flexibility index (Phi) is 3.82. The van der Waals surface area contributed by atoms with Crippen LogP contribution in [0.3, 0.4) is 0 Å². The molecular formula is C15H19F3N2. The Hall–Kier alpha value is -1.49. The Morgan fingerprint density at radius 2 is 1.75 bits per heavy atom. The average Bonchev–Trinajstić information content (AvgIpc) is 2.62. The molecule has 1 aromatic heterocycles. The first-order valence-electron chi connectivity index (χ1n) is 6.54. The lowest BCUT2D eigenvalue weighted by molar-refractivity contribution is -0.139. The van der Waals surface area contributed by atoms with E-state index in [9.17, 15) is 13.2 Å². The highest BCUT2D eigenvalue weighted by Gasteiger charge is 2.28. The van der Waals surface area contributed by atoms with Gasteiger partial charge in [-0.3, -0.25) is 0 Å². The van der Waals surface area contributed by atoms with Crippen molar-refractivity contribution in [2.24, 2.45) is 0 Å². The second-order valence-corrected chi connectivity index (χ2v) is 6.02. The van der Waals surface area contributed by atoms with Crippen molar-refractivity contribution in [2.75, 3.05) is 0 Å². The molecule has 2 rings (SSSR count). The van der Waals surface area contributed by atoms with E-state index in [1.54, 1.807) is 18.3 Å². The van der Waals surface area contributed by atoms with Crippen LogP contribution >= 0.6 is 0 Å². The van der Waals surface area contributed by atoms with Crippen molar-refractivity contribution in [1.82, 2.24) is 9.88 Å². The fourth-order valence-corrected chi connectivity index (χ4v) is 2.15. The van der Waals surface area contributed by atoms with Crippen molar-refractivity contribution in [3.8, 4) is 0 Å². The summed E-state index contributed by atoms with van der Waals surface area (Å²) in [6, 6.07) is 7.20. The van der Waals surface area contributed by atoms with E-state index in [-0.39, 0.29) is 5.54 Å². The predicted molar refractivity (Wildman–Crippen MR) is 74.6 cm³/mol. The number of fused-ring (bicyclic) bond motifs is 1. The third-order valence-electron chi connectivity index (χ3n) is 3.03. The summed E-state index contributed by atoms with van der Waals surface area (Å²) in [4.78, 5) is 0. The summed E-state index contributed by atoms with van der Waals surface area (Å²) in [5.74, 6) is 0. The quantitative estimate of drug-likeness (QED) is 0.898. The van der Waals surface area contributed by atoms with E-state index in [4.69, 9.17) is 0 Å². The average molecular weight is 284 g/mol. The first kappa shape index (κ1) is 14.9. The van der Waals surface area contributed by atoms with Gasteiger partial charge in [0.05, 0.1) is 0 Å². The highest BCUT2D eigenvalue weighted by atomic mass is 19.4. The van der Waals surface area contributed by atoms with Crippen molar-refractivity contribution in [2.45, 2.75) is 45.6 Å². The molecule has 5 heteroatoms. The molecule has 2 aromatic rings. The number of rotatable bonds is 3. The minimum Gasteiger partial charge on any atom is -0.338 e. The molecule has 0 aliphatic carbocycles. The van der Waals surface area contributed by atoms with Crippen LogP contribution in [0.5, 0.6) is 0 Å². The Balaban J connectivity index is 2.36. The van der Waals surface area contributed by atoms with Crippen LogP contribution in [0, 0.1) is 0 Å². The maximum absolute atomic E-state index is 12.6. The van der Waals surface area contributed by atoms with E-state index in [1.807, 2.05) is 32.9 Å². The number of nitrogens with zero attached hydrogens (tertiary/aromatic N) is 1. The molecule has 0 spiro atoms. The fraction of sp³-hybridized carbons (Fsp3) is 0.467. The lowest BCUT2D eigenvalue weighted by Crippen LogP contribution is -2.35. The molecule has 0 radical (unpaired) electrons. The molecule has 0 bridgehead atoms. The molecule has 1 N–H and O–H groups in total. The molecular weight excluding hydrogens is 265 g/mol. The predicted octanol–water partition coefficient (Wildman–Crippen LogP) is 4.09. The van der Waals surface area contributed by atoms with Gasteiger partial charge in [-0.15, -0.1) is 0 Å². The first-order chi connectivity index (χ1) is 9.16. The maximum Gasteiger partial charge on any atom is 0.406 e. The maximum atomic E-state index is 12.6. The molecule has 0 fully saturated rings. The number of para-hydroxylation sites is 1. The van der Waals surface area contributed by atoms with Crippen LogP contribution in [0.4, 0.5) is 13.2 Å². The molecule has 2 nitrogen and oxygen atoms in total. The zero-order valence-corrected chi connectivity index (χ0v) is 11.9. The Morgan fingerprint density at radius 3 is 2.35 bits per heavy atom. The number of nitrogens with one attached hydrogen (secondary N) is 1. The zero-order valence-electron chi connectivity index (χ0n) is 11.9. The Bertz CT molecular complexity index is 591. The second-order valence-electron chi connectivity index (χ2n) is 6.02. The van der Waals surface area contributed by atoms with Gasteiger partial charge in [-0.05, 0) is 32.4 Å². The van der Waals surface area contributed by atoms with Crippen LogP contribution in [-0.2, 0) is 13.1 Å². The van der Waals surface area contributed by atoms with Gasteiger partial charge in [0.1, 0.15) is 6.54 Å². The van der Waals surface area contributed by atoms with Gasteiger partial charge in [0.2, 0.25) is 0 Å². The molecule has 0 aliphatic heterocycles. The molecule has 1 heterocycles. The van der Waals surface area contributed by atoms with Gasteiger partial charge in [-0.25, -0.2) is 0 Å². The largest absolute Gasteiger partial charge is 0.406 e. The van der Waals surface area contributed by atoms with Gasteiger partial charge >= 0.3 is 6.18 Å². The van der Waals surface area contributed by atoms with E-state index >= 15 is 0 Å². The van der Waals surface area contributed by atoms with Gasteiger partial charge in [0, 0.05) is 29.2 Å². The molecule has 0 aliphatic rings. The smallest absolute Gasteiger partial charge is 0.338 e. The fourth-order valence-electron chi connectivity index (χ4n) is 2.15. The summed E-state index contributed by atoms with van der Waals surface area (Å²) in [5, 5.41) is 4.18. The number of halogens is 3. The van der Waals surface area contributed by atoms with E-state index in [1.165, 1.54) is 4.57 Å². The molecule has 0 saturated heterocycles. The molecule has 0 saturated carbocycles. The topological polar surface area (TPSA) is 17.0 Å². The number of alkyl halides is 3. The van der Waals surface area contributed by atoms with Crippen molar-refractivity contribution < 1.29 is 13.2 Å². The lowest BCUT2D eigenvalue weighted by atomic mass is 10.1. The minimum absolute atomic E-state index is 0.0762. The molecule has 0 atom stereocenters. The summed E-state index contributed by atoms with van der Waals surface area (Å²) in [7, 11) is 0. The molecule has 110 valence electrons. The summed E-state index contributed by atoms with van der Waals surface area (Å²) >= 11 is 0. The molecule has 0 amide bonds. The molecule has 0 unspecified atom stereocenters. The molecule has 20 heavy (non-hydrogen) atoms. The van der Waals surface area contributed by atoms with Gasteiger partial charge in [-0.2, -0.15) is 13.2 Å². The highest BCUT2D eigenvalue weighted by molar-refractivity contribution is 5.83. The number of aromatic nitrogens is 1. The SMILES string of the molecule is CC(C)(C)NCc1cn(CC(F)(F)F)c2ccccc12. The van der Waals surface area contributed by atoms with E-state index < -0.39 is 12.7 Å². The highest BCUT2D eigenvalue weighted by Crippen LogP contribution is 2.26. The monoisotopic (exact) mass is 284 g/mol. The van der Waals surface area contributed by atoms with Crippen molar-refractivity contribution in [3.63, 3.8) is 0 Å². The van der Waals surface area contributed by atoms with Crippen LogP contribution in [0.2, 0.25) is 0 Å². The molecule has 1 aromatic carbocycles. The van der Waals surface area contributed by atoms with E-state index in [2.05, 4.69) is 5.32 Å². The number of hydrogen-bond donors (Lipinski definition) is 1. The van der Waals surface area contributed by atoms with Crippen LogP contribution in [0.15, 0.2) is 30.5 Å². The lowest BCUT2D eigenvalue weighted by Gasteiger charge is -2.20. The van der Waals surface area contributed by atoms with Gasteiger partial charge in [0.15, 0.2) is 0 Å². The third kappa shape index (κ3) is 3.76. The van der Waals surface area contributed by atoms with Crippen LogP contribution in [-0.4, -0.2) is 16.3 Å². The van der Waals surface area contributed by atoms with E-state index in [0.717, 1.165) is 10.9 Å². The number of benzene rings is 1. The van der Waals surface area contributed by atoms with Crippen LogP contribution < -0.4 is 5.32 Å². The van der Waals surface area contributed by atoms with Crippen molar-refractivity contribution in [3.05, 3.63) is 36.0 Å². The first-order valence-corrected chi connectivity index (χ1v) is 6.54. The van der Waals surface area contributed by atoms with Crippen LogP contribution in [0.1, 0.15) is 26.3 Å². The third-order valence-corrected chi connectivity index (χ3v) is 3.03. The second kappa shape index (κ2) is 5.13. The number of hydrogen-bond acceptors (Lipinski definition) is 1. The van der Waals surface area contributed by atoms with Gasteiger partial charge in [-0.1, -0.05) is 18.2 Å². The Labute approximate surface area is 116 Å². The van der Waals surface area contributed by atoms with Crippen LogP contribution in [0.25, 0.3) is 10.9 Å². The van der Waals surface area contributed by atoms with Gasteiger partial charge < -0.3 is 9.88 Å². The summed E-state index contributed by atoms with van der Waals surface area (Å²) in [5.41, 5.74) is 1.43. The minimum atomic E-state index is -4.21. The van der Waals surface area contributed by atoms with Crippen molar-refractivity contribution in [1.29, 1.82) is 0 Å². The summed E-state index contributed by atoms with van der Waals surface area (Å²) in [6.07, 6.45) is -2.62. The standard InChI is InChI=1S/C15H19F3N2/c1-14(2,3)19-8-11-9-20(10-15(16,17)18)13-7-5-4-6-12(11)13/h4-7,9,19H,8,10H2,1-3H3. The van der Waals surface area contributed by atoms with Gasteiger partial charge in [0.25, 0.3) is 0 Å². The Morgan fingerprint density at radius 1 is 1.10 bits per heavy atom. The summed E-state index contributed by atoms with van der Waals surface area (Å²) < 4.78 is 39.1. The summed E-state index contributed by atoms with van der Waals surface area (Å²) in [6.45, 7) is 5.68. The zero-order chi connectivity index (χ0) is 15.0. The van der Waals surface area contributed by atoms with Crippen molar-refractivity contribution >= 4 is 10.9 Å².